The van der Waals surface area contributed by atoms with Crippen LogP contribution in [0.25, 0.3) is 0 Å². The van der Waals surface area contributed by atoms with Gasteiger partial charge < -0.3 is 4.90 Å². The van der Waals surface area contributed by atoms with E-state index in [0.29, 0.717) is 0 Å². The Morgan fingerprint density at radius 3 is 2.69 bits per heavy atom. The van der Waals surface area contributed by atoms with Crippen molar-refractivity contribution in [2.45, 2.75) is 32.6 Å². The van der Waals surface area contributed by atoms with E-state index in [1.807, 2.05) is 6.92 Å². The van der Waals surface area contributed by atoms with Gasteiger partial charge in [0.2, 0.25) is 0 Å². The highest BCUT2D eigenvalue weighted by atomic mass is 15.1. The van der Waals surface area contributed by atoms with Crippen LogP contribution in [-0.2, 0) is 0 Å². The van der Waals surface area contributed by atoms with E-state index in [2.05, 4.69) is 23.6 Å². The number of hydrogen-bond acceptors (Lipinski definition) is 1. The fourth-order valence-electron chi connectivity index (χ4n) is 1.72. The highest BCUT2D eigenvalue weighted by Gasteiger charge is 2.09. The van der Waals surface area contributed by atoms with E-state index >= 15 is 0 Å². The second-order valence-corrected chi connectivity index (χ2v) is 3.94. The SMILES string of the molecule is C=C(C)/C=C\CCCN1CCCC1. The summed E-state index contributed by atoms with van der Waals surface area (Å²) in [7, 11) is 0. The quantitative estimate of drug-likeness (QED) is 0.463. The molecule has 0 radical (unpaired) electrons. The first-order chi connectivity index (χ1) is 6.29. The summed E-state index contributed by atoms with van der Waals surface area (Å²) >= 11 is 0. The first-order valence-electron chi connectivity index (χ1n) is 5.33. The van der Waals surface area contributed by atoms with E-state index in [1.54, 1.807) is 0 Å². The minimum absolute atomic E-state index is 1.15. The summed E-state index contributed by atoms with van der Waals surface area (Å²) < 4.78 is 0. The third kappa shape index (κ3) is 4.89. The summed E-state index contributed by atoms with van der Waals surface area (Å²) in [5.41, 5.74) is 1.15. The zero-order valence-electron chi connectivity index (χ0n) is 8.76. The molecular weight excluding hydrogens is 158 g/mol. The van der Waals surface area contributed by atoms with Crippen LogP contribution < -0.4 is 0 Å². The number of rotatable bonds is 5. The predicted molar refractivity (Wildman–Crippen MR) is 58.9 cm³/mol. The summed E-state index contributed by atoms with van der Waals surface area (Å²) in [6, 6.07) is 0. The zero-order chi connectivity index (χ0) is 9.52. The minimum Gasteiger partial charge on any atom is -0.303 e. The van der Waals surface area contributed by atoms with Crippen molar-refractivity contribution in [3.63, 3.8) is 0 Å². The summed E-state index contributed by atoms with van der Waals surface area (Å²) in [5, 5.41) is 0. The molecule has 1 rings (SSSR count). The topological polar surface area (TPSA) is 3.24 Å². The van der Waals surface area contributed by atoms with Gasteiger partial charge in [-0.2, -0.15) is 0 Å². The molecule has 74 valence electrons. The molecule has 0 aromatic carbocycles. The molecule has 0 bridgehead atoms. The minimum atomic E-state index is 1.15. The molecule has 0 aliphatic carbocycles. The Kier molecular flexibility index (Phi) is 4.84. The normalized spacial score (nSPS) is 18.5. The van der Waals surface area contributed by atoms with Gasteiger partial charge in [-0.1, -0.05) is 24.3 Å². The number of hydrogen-bond donors (Lipinski definition) is 0. The first-order valence-corrected chi connectivity index (χ1v) is 5.33. The maximum absolute atomic E-state index is 3.83. The maximum atomic E-state index is 3.83. The summed E-state index contributed by atoms with van der Waals surface area (Å²) in [6.45, 7) is 9.80. The van der Waals surface area contributed by atoms with Gasteiger partial charge in [0.15, 0.2) is 0 Å². The van der Waals surface area contributed by atoms with Crippen molar-refractivity contribution in [2.24, 2.45) is 0 Å². The zero-order valence-corrected chi connectivity index (χ0v) is 8.76. The molecule has 0 atom stereocenters. The maximum Gasteiger partial charge on any atom is -0.00158 e. The van der Waals surface area contributed by atoms with Crippen molar-refractivity contribution >= 4 is 0 Å². The average molecular weight is 179 g/mol. The predicted octanol–water partition coefficient (Wildman–Crippen LogP) is 2.99. The molecule has 1 aliphatic heterocycles. The number of allylic oxidation sites excluding steroid dienone is 3. The number of likely N-dealkylation sites (tertiary alicyclic amines) is 1. The Hall–Kier alpha value is -0.560. The van der Waals surface area contributed by atoms with Crippen molar-refractivity contribution < 1.29 is 0 Å². The Morgan fingerprint density at radius 2 is 2.08 bits per heavy atom. The van der Waals surface area contributed by atoms with Crippen molar-refractivity contribution in [3.8, 4) is 0 Å². The Morgan fingerprint density at radius 1 is 1.38 bits per heavy atom. The Balaban J connectivity index is 1.97. The molecule has 1 nitrogen and oxygen atoms in total. The van der Waals surface area contributed by atoms with Crippen LogP contribution in [0.5, 0.6) is 0 Å². The van der Waals surface area contributed by atoms with Crippen molar-refractivity contribution in [1.29, 1.82) is 0 Å². The lowest BCUT2D eigenvalue weighted by Crippen LogP contribution is -2.19. The smallest absolute Gasteiger partial charge is 0.00158 e. The van der Waals surface area contributed by atoms with E-state index < -0.39 is 0 Å². The molecule has 0 unspecified atom stereocenters. The largest absolute Gasteiger partial charge is 0.303 e. The molecule has 0 saturated carbocycles. The fraction of sp³-hybridized carbons (Fsp3) is 0.667. The van der Waals surface area contributed by atoms with Crippen molar-refractivity contribution in [1.82, 2.24) is 4.90 Å². The molecule has 13 heavy (non-hydrogen) atoms. The van der Waals surface area contributed by atoms with Gasteiger partial charge in [-0.05, 0) is 52.2 Å². The van der Waals surface area contributed by atoms with Gasteiger partial charge in [-0.15, -0.1) is 0 Å². The Bertz CT molecular complexity index is 176. The van der Waals surface area contributed by atoms with E-state index in [9.17, 15) is 0 Å². The monoisotopic (exact) mass is 179 g/mol. The van der Waals surface area contributed by atoms with E-state index in [4.69, 9.17) is 0 Å². The van der Waals surface area contributed by atoms with Crippen LogP contribution in [0.2, 0.25) is 0 Å². The molecule has 1 saturated heterocycles. The van der Waals surface area contributed by atoms with Crippen LogP contribution in [0, 0.1) is 0 Å². The summed E-state index contributed by atoms with van der Waals surface area (Å²) in [4.78, 5) is 2.56. The Labute approximate surface area is 82.1 Å². The van der Waals surface area contributed by atoms with Crippen LogP contribution in [0.3, 0.4) is 0 Å². The summed E-state index contributed by atoms with van der Waals surface area (Å²) in [5.74, 6) is 0. The van der Waals surface area contributed by atoms with E-state index in [1.165, 1.54) is 45.3 Å². The van der Waals surface area contributed by atoms with Gasteiger partial charge in [-0.3, -0.25) is 0 Å². The molecule has 1 heteroatoms. The number of unbranched alkanes of at least 4 members (excludes halogenated alkanes) is 1. The lowest BCUT2D eigenvalue weighted by Gasteiger charge is -2.12. The number of nitrogens with zero attached hydrogens (tertiary/aromatic N) is 1. The molecule has 0 amide bonds. The molecule has 1 fully saturated rings. The highest BCUT2D eigenvalue weighted by molar-refractivity contribution is 5.10. The van der Waals surface area contributed by atoms with Gasteiger partial charge in [0, 0.05) is 0 Å². The van der Waals surface area contributed by atoms with Gasteiger partial charge in [0.25, 0.3) is 0 Å². The van der Waals surface area contributed by atoms with E-state index in [0.717, 1.165) is 5.57 Å². The second-order valence-electron chi connectivity index (χ2n) is 3.94. The van der Waals surface area contributed by atoms with Crippen LogP contribution in [0.15, 0.2) is 24.3 Å². The molecule has 0 spiro atoms. The third-order valence-corrected chi connectivity index (χ3v) is 2.45. The molecule has 0 aromatic rings. The molecule has 1 aliphatic rings. The van der Waals surface area contributed by atoms with Gasteiger partial charge in [0.05, 0.1) is 0 Å². The highest BCUT2D eigenvalue weighted by Crippen LogP contribution is 2.08. The fourth-order valence-corrected chi connectivity index (χ4v) is 1.72. The van der Waals surface area contributed by atoms with Gasteiger partial charge >= 0.3 is 0 Å². The van der Waals surface area contributed by atoms with Crippen LogP contribution in [0.1, 0.15) is 32.6 Å². The lowest BCUT2D eigenvalue weighted by atomic mass is 10.2. The lowest BCUT2D eigenvalue weighted by molar-refractivity contribution is 0.335. The van der Waals surface area contributed by atoms with Crippen LogP contribution >= 0.6 is 0 Å². The molecule has 1 heterocycles. The average Bonchev–Trinajstić information content (AvgIpc) is 2.55. The molecular formula is C12H21N. The van der Waals surface area contributed by atoms with Gasteiger partial charge in [0.1, 0.15) is 0 Å². The van der Waals surface area contributed by atoms with E-state index in [-0.39, 0.29) is 0 Å². The molecule has 0 aromatic heterocycles. The standard InChI is InChI=1S/C12H21N/c1-12(2)8-4-3-5-9-13-10-6-7-11-13/h4,8H,1,3,5-7,9-11H2,2H3/b8-4-. The summed E-state index contributed by atoms with van der Waals surface area (Å²) in [6.07, 6.45) is 9.65. The van der Waals surface area contributed by atoms with Gasteiger partial charge in [-0.25, -0.2) is 0 Å². The molecule has 0 N–H and O–H groups in total. The van der Waals surface area contributed by atoms with Crippen molar-refractivity contribution in [3.05, 3.63) is 24.3 Å². The second kappa shape index (κ2) is 5.98. The van der Waals surface area contributed by atoms with Crippen molar-refractivity contribution in [2.75, 3.05) is 19.6 Å². The first kappa shape index (κ1) is 10.5. The van der Waals surface area contributed by atoms with Crippen LogP contribution in [0.4, 0.5) is 0 Å². The van der Waals surface area contributed by atoms with Crippen LogP contribution in [-0.4, -0.2) is 24.5 Å². The third-order valence-electron chi connectivity index (χ3n) is 2.45.